The number of ketones is 4. The minimum Gasteiger partial charge on any atom is -0.481 e. The molecule has 3 aromatic rings. The van der Waals surface area contributed by atoms with Gasteiger partial charge in [-0.2, -0.15) is 12.8 Å². The number of carboxylic acids is 3. The summed E-state index contributed by atoms with van der Waals surface area (Å²) in [7, 11) is 1.36. The van der Waals surface area contributed by atoms with Gasteiger partial charge >= 0.3 is 39.0 Å². The molecule has 7 N–H and O–H groups in total. The van der Waals surface area contributed by atoms with Crippen molar-refractivity contribution in [1.29, 1.82) is 0 Å². The summed E-state index contributed by atoms with van der Waals surface area (Å²) in [5.41, 5.74) is 1.77. The van der Waals surface area contributed by atoms with E-state index < -0.39 is 115 Å². The topological polar surface area (TPSA) is 266 Å². The molecule has 71 heavy (non-hydrogen) atoms. The van der Waals surface area contributed by atoms with E-state index in [2.05, 4.69) is 41.7 Å². The molecular weight excluding hydrogens is 1090 g/mol. The molecule has 1 heterocycles. The number of aromatic amines is 1. The molecule has 2 amide bonds. The second kappa shape index (κ2) is 37.4. The number of likely N-dealkylation sites (N-methyl/N-ethyl adjacent to an activating group) is 1. The summed E-state index contributed by atoms with van der Waals surface area (Å²) in [6, 6.07) is 10.2. The molecule has 0 radical (unpaired) electrons. The van der Waals surface area contributed by atoms with E-state index in [1.165, 1.54) is 38.1 Å². The van der Waals surface area contributed by atoms with Gasteiger partial charge in [0.1, 0.15) is 11.6 Å². The number of hydrogen-bond donors (Lipinski definition) is 7. The van der Waals surface area contributed by atoms with Crippen molar-refractivity contribution >= 4 is 63.8 Å². The van der Waals surface area contributed by atoms with Gasteiger partial charge in [0.15, 0.2) is 17.3 Å². The average Bonchev–Trinajstić information content (AvgIpc) is 3.72. The number of Topliss-reactive ketones (excluding diaryl/α,β-unsaturated/α-hetero) is 4. The monoisotopic (exact) mass is 1160 g/mol. The number of H-pyrrole nitrogens is 1. The number of aliphatic carboxylic acids is 3. The van der Waals surface area contributed by atoms with Gasteiger partial charge in [0.05, 0.1) is 25.0 Å². The molecular formula is C53H75FN4O12W. The number of carbonyl (C=O) groups is 9. The summed E-state index contributed by atoms with van der Waals surface area (Å²) in [5.74, 6) is -11.3. The predicted octanol–water partition coefficient (Wildman–Crippen LogP) is 7.60. The van der Waals surface area contributed by atoms with E-state index in [1.807, 2.05) is 32.0 Å². The van der Waals surface area contributed by atoms with Crippen LogP contribution in [0.2, 0.25) is 0 Å². The number of amides is 2. The fraction of sp³-hybridized carbons (Fsp3) is 0.528. The minimum absolute atomic E-state index is 0. The van der Waals surface area contributed by atoms with E-state index in [1.54, 1.807) is 18.3 Å². The van der Waals surface area contributed by atoms with Crippen molar-refractivity contribution in [2.45, 2.75) is 148 Å². The van der Waals surface area contributed by atoms with Gasteiger partial charge in [0.25, 0.3) is 0 Å². The van der Waals surface area contributed by atoms with Crippen LogP contribution in [0.5, 0.6) is 0 Å². The van der Waals surface area contributed by atoms with Gasteiger partial charge in [0, 0.05) is 79.8 Å². The second-order valence-corrected chi connectivity index (χ2v) is 17.3. The van der Waals surface area contributed by atoms with Gasteiger partial charge in [-0.25, -0.2) is 4.39 Å². The quantitative estimate of drug-likeness (QED) is 0.0229. The molecule has 0 aliphatic rings. The predicted molar refractivity (Wildman–Crippen MR) is 265 cm³/mol. The van der Waals surface area contributed by atoms with Gasteiger partial charge in [-0.1, -0.05) is 76.8 Å². The number of unbranched alkanes of at least 4 members (excludes halogenated alkanes) is 4. The van der Waals surface area contributed by atoms with Crippen LogP contribution >= 0.6 is 0 Å². The largest absolute Gasteiger partial charge is 2.00 e. The van der Waals surface area contributed by atoms with Gasteiger partial charge in [-0.05, 0) is 62.1 Å². The summed E-state index contributed by atoms with van der Waals surface area (Å²) >= 11 is 0. The van der Waals surface area contributed by atoms with E-state index >= 15 is 0 Å². The number of nitrogens with one attached hydrogen (secondary N) is 4. The number of carbonyl (C=O) groups excluding carboxylic acids is 6. The Morgan fingerprint density at radius 1 is 0.662 bits per heavy atom. The molecule has 3 rings (SSSR count). The van der Waals surface area contributed by atoms with Crippen molar-refractivity contribution in [3.63, 3.8) is 0 Å². The standard InChI is InChI=1S/C45H57FN4O12.C5H11.C3H7.W/c1-3-4-5-13-38(52)28(14-16-41(55)56)22-40(54)37(21-31-25-48-35-12-7-6-11-34(31)35)50-45(62)30(18-27-9-8-10-32(46)19-27)20-33(51)26-49-44(61)29(15-17-42(57)58)23-39(53)36(47-2)24-43(59)60;1-3-5-4-2;1-3-2;/h6-12,19,25,28-30,36-37,47-48H,3-5,13-18,20-24,26H2,1-2H3,(H,49,61)(H,50,62)(H,55,56)(H,57,58)(H,59,60);1,3-5H2,2H3;1,3H2,2H3;/q;2*-1;+2/t28-,29-,30-,36-,37+;;;/m1.../s1. The molecule has 5 atom stereocenters. The maximum absolute atomic E-state index is 14.3. The molecule has 0 spiro atoms. The summed E-state index contributed by atoms with van der Waals surface area (Å²) in [5, 5.41) is 36.3. The van der Waals surface area contributed by atoms with Gasteiger partial charge < -0.3 is 50.1 Å². The van der Waals surface area contributed by atoms with Crippen molar-refractivity contribution in [3.8, 4) is 0 Å². The number of hydrogen-bond acceptors (Lipinski definition) is 10. The molecule has 0 unspecified atom stereocenters. The van der Waals surface area contributed by atoms with Crippen LogP contribution in [0.4, 0.5) is 4.39 Å². The zero-order valence-corrected chi connectivity index (χ0v) is 44.7. The number of aromatic nitrogens is 1. The van der Waals surface area contributed by atoms with Crippen molar-refractivity contribution in [2.75, 3.05) is 13.6 Å². The third kappa shape index (κ3) is 27.1. The Morgan fingerprint density at radius 2 is 1.27 bits per heavy atom. The van der Waals surface area contributed by atoms with Crippen LogP contribution in [-0.2, 0) is 77.1 Å². The van der Waals surface area contributed by atoms with Crippen LogP contribution in [0.1, 0.15) is 135 Å². The van der Waals surface area contributed by atoms with Crippen molar-refractivity contribution in [1.82, 2.24) is 20.9 Å². The van der Waals surface area contributed by atoms with Crippen LogP contribution in [-0.4, -0.2) is 98.8 Å². The first kappa shape index (κ1) is 65.6. The van der Waals surface area contributed by atoms with Crippen LogP contribution in [0.15, 0.2) is 54.7 Å². The third-order valence-electron chi connectivity index (χ3n) is 11.4. The SMILES string of the molecule is CCCCCC(=O)[C@H](CCC(=O)O)CC(=O)[C@H](Cc1c[nH]c2ccccc12)NC(=O)[C@@H](CC(=O)CNC(=O)[C@H](CCC(=O)O)CC(=O)[C@@H](CC(=O)O)NC)Cc1cccc(F)c1.[CH2-]CC.[CH2-]CCCC.[W+2]. The fourth-order valence-electron chi connectivity index (χ4n) is 7.56. The molecule has 0 fully saturated rings. The Labute approximate surface area is 432 Å². The van der Waals surface area contributed by atoms with E-state index in [4.69, 9.17) is 5.11 Å². The second-order valence-electron chi connectivity index (χ2n) is 17.3. The number of carboxylic acid groups (broad SMARTS) is 3. The first-order valence-electron chi connectivity index (χ1n) is 24.2. The summed E-state index contributed by atoms with van der Waals surface area (Å²) in [6.07, 6.45) is 5.35. The van der Waals surface area contributed by atoms with Crippen LogP contribution in [0.25, 0.3) is 10.9 Å². The summed E-state index contributed by atoms with van der Waals surface area (Å²) < 4.78 is 14.3. The Balaban J connectivity index is 0.00000504. The third-order valence-corrected chi connectivity index (χ3v) is 11.4. The van der Waals surface area contributed by atoms with Crippen molar-refractivity contribution in [2.24, 2.45) is 17.8 Å². The van der Waals surface area contributed by atoms with E-state index in [0.29, 0.717) is 17.5 Å². The van der Waals surface area contributed by atoms with Crippen LogP contribution in [0.3, 0.4) is 0 Å². The maximum Gasteiger partial charge on any atom is 2.00 e. The zero-order chi connectivity index (χ0) is 52.6. The minimum atomic E-state index is -1.27. The molecule has 0 saturated heterocycles. The molecule has 0 saturated carbocycles. The number of rotatable bonds is 33. The molecule has 0 bridgehead atoms. The Kier molecular flexibility index (Phi) is 34.5. The molecule has 18 heteroatoms. The van der Waals surface area contributed by atoms with Crippen LogP contribution in [0, 0.1) is 37.4 Å². The normalized spacial score (nSPS) is 12.7. The van der Waals surface area contributed by atoms with Crippen molar-refractivity contribution < 1.29 is 83.9 Å². The molecule has 392 valence electrons. The van der Waals surface area contributed by atoms with E-state index in [9.17, 15) is 57.8 Å². The van der Waals surface area contributed by atoms with Gasteiger partial charge in [-0.15, -0.1) is 0 Å². The zero-order valence-electron chi connectivity index (χ0n) is 41.7. The molecule has 16 nitrogen and oxygen atoms in total. The van der Waals surface area contributed by atoms with Gasteiger partial charge in [-0.3, -0.25) is 43.2 Å². The number of fused-ring (bicyclic) bond motifs is 1. The Bertz CT molecular complexity index is 2140. The van der Waals surface area contributed by atoms with Crippen LogP contribution < -0.4 is 16.0 Å². The number of halogens is 1. The molecule has 1 aromatic heterocycles. The maximum atomic E-state index is 14.3. The van der Waals surface area contributed by atoms with Gasteiger partial charge in [0.2, 0.25) is 11.8 Å². The van der Waals surface area contributed by atoms with E-state index in [-0.39, 0.29) is 71.8 Å². The molecule has 0 aliphatic carbocycles. The fourth-order valence-corrected chi connectivity index (χ4v) is 7.56. The van der Waals surface area contributed by atoms with E-state index in [0.717, 1.165) is 36.6 Å². The Morgan fingerprint density at radius 3 is 1.83 bits per heavy atom. The summed E-state index contributed by atoms with van der Waals surface area (Å²) in [4.78, 5) is 119. The number of para-hydroxylation sites is 1. The first-order chi connectivity index (χ1) is 33.3. The summed E-state index contributed by atoms with van der Waals surface area (Å²) in [6.45, 7) is 12.7. The Hall–Kier alpha value is -5.41. The molecule has 0 aliphatic heterocycles. The first-order valence-corrected chi connectivity index (χ1v) is 24.2. The average molecular weight is 1160 g/mol. The molecule has 2 aromatic carbocycles. The smallest absolute Gasteiger partial charge is 0.481 e. The number of benzene rings is 2. The van der Waals surface area contributed by atoms with Crippen molar-refractivity contribution in [3.05, 3.63) is 85.5 Å².